The number of methoxy groups -OCH3 is 1. The molecule has 0 heterocycles. The highest BCUT2D eigenvalue weighted by Crippen LogP contribution is 2.36. The van der Waals surface area contributed by atoms with Gasteiger partial charge in [-0.05, 0) is 50.1 Å². The molecule has 1 fully saturated rings. The molecule has 7 heteroatoms. The number of hydrogen-bond acceptors (Lipinski definition) is 4. The van der Waals surface area contributed by atoms with Crippen LogP contribution in [0.4, 0.5) is 5.69 Å². The summed E-state index contributed by atoms with van der Waals surface area (Å²) in [5.41, 5.74) is 1.35. The molecule has 3 rings (SSSR count). The van der Waals surface area contributed by atoms with Crippen molar-refractivity contribution in [2.45, 2.75) is 25.8 Å². The predicted octanol–water partition coefficient (Wildman–Crippen LogP) is 3.89. The molecule has 0 spiro atoms. The Morgan fingerprint density at radius 2 is 1.93 bits per heavy atom. The summed E-state index contributed by atoms with van der Waals surface area (Å²) in [5, 5.41) is 5.99. The van der Waals surface area contributed by atoms with E-state index in [0.717, 1.165) is 12.8 Å². The van der Waals surface area contributed by atoms with E-state index in [0.29, 0.717) is 39.9 Å². The largest absolute Gasteiger partial charge is 0.493 e. The number of ether oxygens (including phenoxy) is 2. The van der Waals surface area contributed by atoms with Gasteiger partial charge in [0, 0.05) is 22.9 Å². The van der Waals surface area contributed by atoms with Crippen LogP contribution >= 0.6 is 11.6 Å². The number of benzene rings is 2. The summed E-state index contributed by atoms with van der Waals surface area (Å²) in [4.78, 5) is 24.8. The van der Waals surface area contributed by atoms with E-state index in [2.05, 4.69) is 10.6 Å². The summed E-state index contributed by atoms with van der Waals surface area (Å²) in [7, 11) is 1.48. The molecule has 1 saturated carbocycles. The number of rotatable bonds is 7. The van der Waals surface area contributed by atoms with Crippen molar-refractivity contribution < 1.29 is 19.1 Å². The highest BCUT2D eigenvalue weighted by atomic mass is 35.5. The molecule has 2 aromatic carbocycles. The Hall–Kier alpha value is -2.73. The van der Waals surface area contributed by atoms with Crippen LogP contribution in [0.15, 0.2) is 36.4 Å². The Labute approximate surface area is 162 Å². The van der Waals surface area contributed by atoms with Crippen LogP contribution in [-0.4, -0.2) is 31.6 Å². The van der Waals surface area contributed by atoms with Crippen molar-refractivity contribution in [1.29, 1.82) is 0 Å². The Balaban J connectivity index is 1.77. The lowest BCUT2D eigenvalue weighted by Crippen LogP contribution is -2.25. The number of carbonyl (C=O) groups excluding carboxylic acids is 2. The molecule has 0 bridgehead atoms. The first-order chi connectivity index (χ1) is 13.0. The molecule has 0 unspecified atom stereocenters. The van der Waals surface area contributed by atoms with Crippen LogP contribution in [0.3, 0.4) is 0 Å². The highest BCUT2D eigenvalue weighted by molar-refractivity contribution is 6.32. The average molecular weight is 389 g/mol. The predicted molar refractivity (Wildman–Crippen MR) is 104 cm³/mol. The molecular formula is C20H21ClN2O4. The van der Waals surface area contributed by atoms with Gasteiger partial charge in [-0.15, -0.1) is 0 Å². The summed E-state index contributed by atoms with van der Waals surface area (Å²) in [6.45, 7) is 2.26. The number of anilines is 1. The van der Waals surface area contributed by atoms with Crippen LogP contribution in [-0.2, 0) is 0 Å². The SMILES string of the molecule is CCOc1c(Cl)cc(C(=O)Nc2cccc(C(=O)NC3CC3)c2)cc1OC. The van der Waals surface area contributed by atoms with Gasteiger partial charge in [0.05, 0.1) is 18.7 Å². The van der Waals surface area contributed by atoms with E-state index >= 15 is 0 Å². The molecule has 0 aromatic heterocycles. The second kappa shape index (κ2) is 8.31. The third-order valence-electron chi connectivity index (χ3n) is 4.08. The van der Waals surface area contributed by atoms with E-state index in [1.807, 2.05) is 6.92 Å². The molecule has 0 saturated heterocycles. The van der Waals surface area contributed by atoms with Crippen molar-refractivity contribution in [3.05, 3.63) is 52.5 Å². The first-order valence-electron chi connectivity index (χ1n) is 8.74. The fraction of sp³-hybridized carbons (Fsp3) is 0.300. The van der Waals surface area contributed by atoms with Crippen molar-refractivity contribution in [3.8, 4) is 11.5 Å². The standard InChI is InChI=1S/C20H21ClN2O4/c1-3-27-18-16(21)10-13(11-17(18)26-2)20(25)23-15-6-4-5-12(9-15)19(24)22-14-7-8-14/h4-6,9-11,14H,3,7-8H2,1-2H3,(H,22,24)(H,23,25). The van der Waals surface area contributed by atoms with Crippen LogP contribution in [0.5, 0.6) is 11.5 Å². The molecule has 27 heavy (non-hydrogen) atoms. The summed E-state index contributed by atoms with van der Waals surface area (Å²) >= 11 is 6.22. The monoisotopic (exact) mass is 388 g/mol. The van der Waals surface area contributed by atoms with Gasteiger partial charge in [0.1, 0.15) is 0 Å². The van der Waals surface area contributed by atoms with Gasteiger partial charge < -0.3 is 20.1 Å². The molecule has 1 aliphatic rings. The van der Waals surface area contributed by atoms with E-state index in [9.17, 15) is 9.59 Å². The third kappa shape index (κ3) is 4.71. The Morgan fingerprint density at radius 1 is 1.15 bits per heavy atom. The molecule has 2 N–H and O–H groups in total. The van der Waals surface area contributed by atoms with Crippen molar-refractivity contribution in [2.75, 3.05) is 19.0 Å². The minimum absolute atomic E-state index is 0.139. The normalized spacial score (nSPS) is 13.0. The third-order valence-corrected chi connectivity index (χ3v) is 4.36. The summed E-state index contributed by atoms with van der Waals surface area (Å²) < 4.78 is 10.7. The lowest BCUT2D eigenvalue weighted by atomic mass is 10.1. The minimum Gasteiger partial charge on any atom is -0.493 e. The average Bonchev–Trinajstić information content (AvgIpc) is 3.47. The number of nitrogens with one attached hydrogen (secondary N) is 2. The zero-order chi connectivity index (χ0) is 19.4. The molecule has 0 aliphatic heterocycles. The Kier molecular flexibility index (Phi) is 5.86. The maximum atomic E-state index is 12.6. The topological polar surface area (TPSA) is 76.7 Å². The van der Waals surface area contributed by atoms with Gasteiger partial charge in [-0.1, -0.05) is 17.7 Å². The van der Waals surface area contributed by atoms with Crippen molar-refractivity contribution in [1.82, 2.24) is 5.32 Å². The van der Waals surface area contributed by atoms with Crippen LogP contribution in [0, 0.1) is 0 Å². The fourth-order valence-electron chi connectivity index (χ4n) is 2.57. The zero-order valence-corrected chi connectivity index (χ0v) is 15.9. The van der Waals surface area contributed by atoms with Crippen molar-refractivity contribution in [2.24, 2.45) is 0 Å². The zero-order valence-electron chi connectivity index (χ0n) is 15.2. The summed E-state index contributed by atoms with van der Waals surface area (Å²) in [6.07, 6.45) is 2.03. The van der Waals surface area contributed by atoms with Crippen LogP contribution < -0.4 is 20.1 Å². The van der Waals surface area contributed by atoms with Gasteiger partial charge in [-0.25, -0.2) is 0 Å². The molecule has 0 atom stereocenters. The van der Waals surface area contributed by atoms with Crippen molar-refractivity contribution >= 4 is 29.1 Å². The quantitative estimate of drug-likeness (QED) is 0.754. The summed E-state index contributed by atoms with van der Waals surface area (Å²) in [5.74, 6) is 0.279. The van der Waals surface area contributed by atoms with Crippen molar-refractivity contribution in [3.63, 3.8) is 0 Å². The van der Waals surface area contributed by atoms with Gasteiger partial charge in [0.25, 0.3) is 11.8 Å². The van der Waals surface area contributed by atoms with Gasteiger partial charge in [0.15, 0.2) is 11.5 Å². The first kappa shape index (κ1) is 19.0. The van der Waals surface area contributed by atoms with Crippen LogP contribution in [0.1, 0.15) is 40.5 Å². The smallest absolute Gasteiger partial charge is 0.255 e. The minimum atomic E-state index is -0.363. The van der Waals surface area contributed by atoms with E-state index in [-0.39, 0.29) is 17.9 Å². The number of halogens is 1. The van der Waals surface area contributed by atoms with Crippen LogP contribution in [0.25, 0.3) is 0 Å². The van der Waals surface area contributed by atoms with Crippen LogP contribution in [0.2, 0.25) is 5.02 Å². The van der Waals surface area contributed by atoms with E-state index < -0.39 is 0 Å². The van der Waals surface area contributed by atoms with Gasteiger partial charge in [-0.3, -0.25) is 9.59 Å². The van der Waals surface area contributed by atoms with E-state index in [1.165, 1.54) is 13.2 Å². The van der Waals surface area contributed by atoms with E-state index in [1.54, 1.807) is 30.3 Å². The number of hydrogen-bond donors (Lipinski definition) is 2. The molecule has 1 aliphatic carbocycles. The lowest BCUT2D eigenvalue weighted by Gasteiger charge is -2.13. The molecule has 2 amide bonds. The van der Waals surface area contributed by atoms with Gasteiger partial charge >= 0.3 is 0 Å². The Morgan fingerprint density at radius 3 is 2.59 bits per heavy atom. The van der Waals surface area contributed by atoms with Gasteiger partial charge in [0.2, 0.25) is 0 Å². The molecule has 2 aromatic rings. The second-order valence-electron chi connectivity index (χ2n) is 6.21. The molecular weight excluding hydrogens is 368 g/mol. The first-order valence-corrected chi connectivity index (χ1v) is 9.12. The molecule has 0 radical (unpaired) electrons. The van der Waals surface area contributed by atoms with Gasteiger partial charge in [-0.2, -0.15) is 0 Å². The maximum absolute atomic E-state index is 12.6. The highest BCUT2D eigenvalue weighted by Gasteiger charge is 2.24. The summed E-state index contributed by atoms with van der Waals surface area (Å²) in [6, 6.07) is 10.2. The molecule has 6 nitrogen and oxygen atoms in total. The Bertz CT molecular complexity index is 865. The lowest BCUT2D eigenvalue weighted by molar-refractivity contribution is 0.0949. The fourth-order valence-corrected chi connectivity index (χ4v) is 2.84. The number of amides is 2. The number of carbonyl (C=O) groups is 2. The molecule has 142 valence electrons. The second-order valence-corrected chi connectivity index (χ2v) is 6.61. The maximum Gasteiger partial charge on any atom is 0.255 e. The van der Waals surface area contributed by atoms with E-state index in [4.69, 9.17) is 21.1 Å².